The summed E-state index contributed by atoms with van der Waals surface area (Å²) in [6.07, 6.45) is 6.69. The van der Waals surface area contributed by atoms with E-state index in [-0.39, 0.29) is 12.7 Å². The van der Waals surface area contributed by atoms with Crippen LogP contribution in [0.25, 0.3) is 0 Å². The average molecular weight is 255 g/mol. The summed E-state index contributed by atoms with van der Waals surface area (Å²) in [7, 11) is 0. The smallest absolute Gasteiger partial charge is 0.144 e. The highest BCUT2D eigenvalue weighted by Crippen LogP contribution is 2.34. The molecule has 19 heavy (non-hydrogen) atoms. The van der Waals surface area contributed by atoms with Crippen molar-refractivity contribution in [1.29, 1.82) is 0 Å². The molecule has 1 unspecified atom stereocenters. The summed E-state index contributed by atoms with van der Waals surface area (Å²) in [6, 6.07) is 10.2. The van der Waals surface area contributed by atoms with Crippen LogP contribution in [0.4, 0.5) is 0 Å². The molecule has 0 amide bonds. The third-order valence-corrected chi connectivity index (χ3v) is 3.62. The van der Waals surface area contributed by atoms with E-state index < -0.39 is 0 Å². The van der Waals surface area contributed by atoms with Gasteiger partial charge in [0.25, 0.3) is 0 Å². The number of aromatic nitrogens is 1. The van der Waals surface area contributed by atoms with Crippen molar-refractivity contribution in [2.24, 2.45) is 0 Å². The second-order valence-corrected chi connectivity index (χ2v) is 4.84. The molecule has 0 spiro atoms. The van der Waals surface area contributed by atoms with Gasteiger partial charge in [-0.1, -0.05) is 24.3 Å². The minimum Gasteiger partial charge on any atom is -0.484 e. The van der Waals surface area contributed by atoms with Crippen LogP contribution in [0.5, 0.6) is 5.75 Å². The van der Waals surface area contributed by atoms with Crippen molar-refractivity contribution in [2.75, 3.05) is 0 Å². The highest BCUT2D eigenvalue weighted by molar-refractivity contribution is 5.34. The number of fused-ring (bicyclic) bond motifs is 1. The first-order chi connectivity index (χ1) is 9.38. The van der Waals surface area contributed by atoms with E-state index in [0.29, 0.717) is 5.75 Å². The van der Waals surface area contributed by atoms with Gasteiger partial charge in [0.15, 0.2) is 0 Å². The van der Waals surface area contributed by atoms with E-state index in [4.69, 9.17) is 4.74 Å². The fourth-order valence-corrected chi connectivity index (χ4v) is 2.63. The number of aliphatic hydroxyl groups excluding tert-OH is 1. The van der Waals surface area contributed by atoms with Crippen LogP contribution in [-0.2, 0) is 13.0 Å². The molecule has 1 aliphatic carbocycles. The van der Waals surface area contributed by atoms with Crippen LogP contribution >= 0.6 is 0 Å². The van der Waals surface area contributed by atoms with Gasteiger partial charge in [-0.2, -0.15) is 0 Å². The Morgan fingerprint density at radius 1 is 1.26 bits per heavy atom. The van der Waals surface area contributed by atoms with Crippen molar-refractivity contribution >= 4 is 0 Å². The highest BCUT2D eigenvalue weighted by Gasteiger charge is 2.22. The number of rotatable bonds is 3. The maximum atomic E-state index is 9.34. The lowest BCUT2D eigenvalue weighted by Crippen LogP contribution is -2.15. The molecule has 1 aliphatic rings. The van der Waals surface area contributed by atoms with E-state index in [1.165, 1.54) is 11.1 Å². The molecule has 2 aromatic rings. The average Bonchev–Trinajstić information content (AvgIpc) is 2.48. The van der Waals surface area contributed by atoms with Crippen molar-refractivity contribution in [1.82, 2.24) is 4.98 Å². The molecule has 0 saturated heterocycles. The van der Waals surface area contributed by atoms with Crippen LogP contribution in [0.2, 0.25) is 0 Å². The third kappa shape index (κ3) is 2.47. The van der Waals surface area contributed by atoms with E-state index in [1.807, 2.05) is 0 Å². The van der Waals surface area contributed by atoms with E-state index >= 15 is 0 Å². The zero-order chi connectivity index (χ0) is 13.1. The molecule has 1 aromatic carbocycles. The molecule has 3 nitrogen and oxygen atoms in total. The van der Waals surface area contributed by atoms with Gasteiger partial charge < -0.3 is 9.84 Å². The van der Waals surface area contributed by atoms with Gasteiger partial charge in [-0.15, -0.1) is 0 Å². The minimum absolute atomic E-state index is 0.0216. The molecule has 3 heteroatoms. The molecule has 1 N–H and O–H groups in total. The summed E-state index contributed by atoms with van der Waals surface area (Å²) in [6.45, 7) is -0.0216. The predicted molar refractivity (Wildman–Crippen MR) is 72.9 cm³/mol. The van der Waals surface area contributed by atoms with Gasteiger partial charge in [-0.25, -0.2) is 0 Å². The van der Waals surface area contributed by atoms with Crippen LogP contribution in [-0.4, -0.2) is 10.1 Å². The van der Waals surface area contributed by atoms with Gasteiger partial charge in [0.2, 0.25) is 0 Å². The molecule has 0 bridgehead atoms. The van der Waals surface area contributed by atoms with Gasteiger partial charge in [0.05, 0.1) is 12.8 Å². The molecule has 0 radical (unpaired) electrons. The molecule has 1 aromatic heterocycles. The number of hydrogen-bond acceptors (Lipinski definition) is 3. The van der Waals surface area contributed by atoms with Crippen LogP contribution in [0.1, 0.15) is 35.6 Å². The fraction of sp³-hybridized carbons (Fsp3) is 0.312. The zero-order valence-electron chi connectivity index (χ0n) is 10.7. The van der Waals surface area contributed by atoms with Crippen LogP contribution < -0.4 is 4.74 Å². The number of nitrogens with zero attached hydrogens (tertiary/aromatic N) is 1. The number of ether oxygens (including phenoxy) is 1. The van der Waals surface area contributed by atoms with Crippen LogP contribution in [0.15, 0.2) is 42.7 Å². The van der Waals surface area contributed by atoms with Gasteiger partial charge in [-0.3, -0.25) is 4.98 Å². The van der Waals surface area contributed by atoms with Crippen LogP contribution in [0.3, 0.4) is 0 Å². The Morgan fingerprint density at radius 3 is 3.05 bits per heavy atom. The number of benzene rings is 1. The summed E-state index contributed by atoms with van der Waals surface area (Å²) < 4.78 is 6.08. The van der Waals surface area contributed by atoms with Gasteiger partial charge >= 0.3 is 0 Å². The fourth-order valence-electron chi connectivity index (χ4n) is 2.63. The lowest BCUT2D eigenvalue weighted by molar-refractivity contribution is 0.175. The number of hydrogen-bond donors (Lipinski definition) is 1. The molecule has 98 valence electrons. The Labute approximate surface area is 112 Å². The number of pyridine rings is 1. The standard InChI is InChI=1S/C16H17NO2/c18-11-13-8-9-17-10-16(13)19-15-7-3-5-12-4-1-2-6-14(12)15/h1-2,4,6,8-10,15,18H,3,5,7,11H2. The van der Waals surface area contributed by atoms with Gasteiger partial charge in [0, 0.05) is 11.8 Å². The Morgan fingerprint density at radius 2 is 2.16 bits per heavy atom. The second-order valence-electron chi connectivity index (χ2n) is 4.84. The summed E-state index contributed by atoms with van der Waals surface area (Å²) in [5, 5.41) is 9.34. The Kier molecular flexibility index (Phi) is 3.47. The third-order valence-electron chi connectivity index (χ3n) is 3.62. The number of aryl methyl sites for hydroxylation is 1. The molecule has 1 heterocycles. The van der Waals surface area contributed by atoms with Crippen molar-refractivity contribution < 1.29 is 9.84 Å². The first kappa shape index (κ1) is 12.2. The molecule has 0 aliphatic heterocycles. The SMILES string of the molecule is OCc1ccncc1OC1CCCc2ccccc21. The van der Waals surface area contributed by atoms with E-state index in [9.17, 15) is 5.11 Å². The molecule has 0 saturated carbocycles. The van der Waals surface area contributed by atoms with E-state index in [1.54, 1.807) is 18.5 Å². The second kappa shape index (κ2) is 5.41. The summed E-state index contributed by atoms with van der Waals surface area (Å²) >= 11 is 0. The Hall–Kier alpha value is -1.87. The topological polar surface area (TPSA) is 42.4 Å². The molecule has 0 fully saturated rings. The van der Waals surface area contributed by atoms with Crippen molar-refractivity contribution in [3.8, 4) is 5.75 Å². The first-order valence-electron chi connectivity index (χ1n) is 6.66. The lowest BCUT2D eigenvalue weighted by atomic mass is 9.89. The van der Waals surface area contributed by atoms with Crippen molar-refractivity contribution in [2.45, 2.75) is 32.0 Å². The highest BCUT2D eigenvalue weighted by atomic mass is 16.5. The minimum atomic E-state index is -0.0216. The largest absolute Gasteiger partial charge is 0.484 e. The normalized spacial score (nSPS) is 17.8. The Balaban J connectivity index is 1.88. The van der Waals surface area contributed by atoms with Crippen LogP contribution in [0, 0.1) is 0 Å². The lowest BCUT2D eigenvalue weighted by Gasteiger charge is -2.26. The summed E-state index contributed by atoms with van der Waals surface area (Å²) in [5.74, 6) is 0.687. The number of aliphatic hydroxyl groups is 1. The summed E-state index contributed by atoms with van der Waals surface area (Å²) in [4.78, 5) is 4.08. The molecular formula is C16H17NO2. The monoisotopic (exact) mass is 255 g/mol. The maximum absolute atomic E-state index is 9.34. The quantitative estimate of drug-likeness (QED) is 0.916. The predicted octanol–water partition coefficient (Wildman–Crippen LogP) is 3.03. The van der Waals surface area contributed by atoms with Gasteiger partial charge in [0.1, 0.15) is 11.9 Å². The molecule has 1 atom stereocenters. The van der Waals surface area contributed by atoms with Crippen molar-refractivity contribution in [3.05, 3.63) is 59.4 Å². The van der Waals surface area contributed by atoms with Crippen molar-refractivity contribution in [3.63, 3.8) is 0 Å². The zero-order valence-corrected chi connectivity index (χ0v) is 10.7. The maximum Gasteiger partial charge on any atom is 0.144 e. The van der Waals surface area contributed by atoms with E-state index in [2.05, 4.69) is 29.2 Å². The molecule has 3 rings (SSSR count). The van der Waals surface area contributed by atoms with Gasteiger partial charge in [-0.05, 0) is 36.5 Å². The molecular weight excluding hydrogens is 238 g/mol. The summed E-state index contributed by atoms with van der Waals surface area (Å²) in [5.41, 5.74) is 3.42. The van der Waals surface area contributed by atoms with E-state index in [0.717, 1.165) is 24.8 Å². The first-order valence-corrected chi connectivity index (χ1v) is 6.66. The Bertz CT molecular complexity index is 568.